The Labute approximate surface area is 148 Å². The fraction of sp³-hybridized carbons (Fsp3) is 0.579. The summed E-state index contributed by atoms with van der Waals surface area (Å²) >= 11 is 0. The molecule has 1 fully saturated rings. The number of nitrogens with one attached hydrogen (secondary N) is 1. The van der Waals surface area contributed by atoms with Gasteiger partial charge in [0, 0.05) is 25.6 Å². The smallest absolute Gasteiger partial charge is 0.264 e. The summed E-state index contributed by atoms with van der Waals surface area (Å²) in [5, 5.41) is 3.04. The molecule has 0 aliphatic carbocycles. The summed E-state index contributed by atoms with van der Waals surface area (Å²) in [5.41, 5.74) is 0. The molecule has 1 aromatic rings. The van der Waals surface area contributed by atoms with Crippen LogP contribution in [0.2, 0.25) is 0 Å². The lowest BCUT2D eigenvalue weighted by molar-refractivity contribution is -0.133. The molecule has 1 atom stereocenters. The zero-order valence-electron chi connectivity index (χ0n) is 14.9. The molecule has 1 aromatic carbocycles. The van der Waals surface area contributed by atoms with Gasteiger partial charge in [-0.05, 0) is 30.9 Å². The van der Waals surface area contributed by atoms with Crippen LogP contribution in [0.1, 0.15) is 33.1 Å². The highest BCUT2D eigenvalue weighted by molar-refractivity contribution is 5.82. The molecule has 25 heavy (non-hydrogen) atoms. The number of ether oxygens (including phenoxy) is 2. The number of amides is 2. The Hall–Kier alpha value is -2.24. The van der Waals surface area contributed by atoms with Crippen LogP contribution in [0.15, 0.2) is 24.3 Å². The van der Waals surface area contributed by atoms with Crippen molar-refractivity contribution in [3.8, 4) is 11.5 Å². The third kappa shape index (κ3) is 4.44. The first kappa shape index (κ1) is 17.6. The van der Waals surface area contributed by atoms with Crippen molar-refractivity contribution in [1.29, 1.82) is 0 Å². The van der Waals surface area contributed by atoms with Gasteiger partial charge in [-0.25, -0.2) is 0 Å². The zero-order chi connectivity index (χ0) is 17.8. The SMILES string of the molecule is CC(C)CC(=O)N1CCC(NC(=O)[C@@H]2COc3ccccc3O2)CC1. The molecule has 6 heteroatoms. The molecule has 2 amide bonds. The predicted octanol–water partition coefficient (Wildman–Crippen LogP) is 1.98. The van der Waals surface area contributed by atoms with Gasteiger partial charge in [-0.3, -0.25) is 9.59 Å². The Kier molecular flexibility index (Phi) is 5.46. The third-order valence-electron chi connectivity index (χ3n) is 4.58. The summed E-state index contributed by atoms with van der Waals surface area (Å²) in [6.45, 7) is 5.71. The molecule has 0 saturated carbocycles. The zero-order valence-corrected chi connectivity index (χ0v) is 14.9. The van der Waals surface area contributed by atoms with E-state index in [1.165, 1.54) is 0 Å². The van der Waals surface area contributed by atoms with E-state index >= 15 is 0 Å². The van der Waals surface area contributed by atoms with Crippen molar-refractivity contribution in [1.82, 2.24) is 10.2 Å². The summed E-state index contributed by atoms with van der Waals surface area (Å²) in [4.78, 5) is 26.4. The van der Waals surface area contributed by atoms with Crippen molar-refractivity contribution in [2.75, 3.05) is 19.7 Å². The lowest BCUT2D eigenvalue weighted by atomic mass is 10.0. The molecule has 0 spiro atoms. The first-order valence-corrected chi connectivity index (χ1v) is 8.99. The van der Waals surface area contributed by atoms with Crippen molar-refractivity contribution in [3.63, 3.8) is 0 Å². The fourth-order valence-electron chi connectivity index (χ4n) is 3.19. The first-order valence-electron chi connectivity index (χ1n) is 8.99. The fourth-order valence-corrected chi connectivity index (χ4v) is 3.19. The molecule has 6 nitrogen and oxygen atoms in total. The van der Waals surface area contributed by atoms with Crippen molar-refractivity contribution >= 4 is 11.8 Å². The number of likely N-dealkylation sites (tertiary alicyclic amines) is 1. The lowest BCUT2D eigenvalue weighted by Crippen LogP contribution is -2.51. The molecule has 0 unspecified atom stereocenters. The van der Waals surface area contributed by atoms with Crippen LogP contribution in [0.5, 0.6) is 11.5 Å². The minimum absolute atomic E-state index is 0.0800. The predicted molar refractivity (Wildman–Crippen MR) is 93.6 cm³/mol. The molecule has 1 saturated heterocycles. The number of hydrogen-bond donors (Lipinski definition) is 1. The van der Waals surface area contributed by atoms with Crippen molar-refractivity contribution in [2.45, 2.75) is 45.3 Å². The number of rotatable bonds is 4. The Bertz CT molecular complexity index is 624. The standard InChI is InChI=1S/C19H26N2O4/c1-13(2)11-18(22)21-9-7-14(8-10-21)20-19(23)17-12-24-15-5-3-4-6-16(15)25-17/h3-6,13-14,17H,7-12H2,1-2H3,(H,20,23)/t17-/m0/s1. The Balaban J connectivity index is 1.46. The average molecular weight is 346 g/mol. The largest absolute Gasteiger partial charge is 0.485 e. The molecule has 0 bridgehead atoms. The number of hydrogen-bond acceptors (Lipinski definition) is 4. The maximum absolute atomic E-state index is 12.4. The van der Waals surface area contributed by atoms with E-state index in [0.717, 1.165) is 12.8 Å². The minimum atomic E-state index is -0.629. The van der Waals surface area contributed by atoms with Crippen molar-refractivity contribution in [2.24, 2.45) is 5.92 Å². The Morgan fingerprint density at radius 3 is 2.56 bits per heavy atom. The maximum atomic E-state index is 12.4. The molecule has 0 radical (unpaired) electrons. The topological polar surface area (TPSA) is 67.9 Å². The number of nitrogens with zero attached hydrogens (tertiary/aromatic N) is 1. The van der Waals surface area contributed by atoms with Gasteiger partial charge >= 0.3 is 0 Å². The van der Waals surface area contributed by atoms with E-state index in [1.54, 1.807) is 6.07 Å². The molecule has 136 valence electrons. The first-order chi connectivity index (χ1) is 12.0. The van der Waals surface area contributed by atoms with E-state index in [9.17, 15) is 9.59 Å². The number of piperidine rings is 1. The van der Waals surface area contributed by atoms with E-state index in [0.29, 0.717) is 36.9 Å². The van der Waals surface area contributed by atoms with Gasteiger partial charge in [0.25, 0.3) is 5.91 Å². The second-order valence-corrected chi connectivity index (χ2v) is 7.13. The van der Waals surface area contributed by atoms with Crippen LogP contribution in [-0.4, -0.2) is 48.6 Å². The molecular weight excluding hydrogens is 320 g/mol. The minimum Gasteiger partial charge on any atom is -0.485 e. The van der Waals surface area contributed by atoms with E-state index < -0.39 is 6.10 Å². The van der Waals surface area contributed by atoms with E-state index in [1.807, 2.05) is 23.1 Å². The highest BCUT2D eigenvalue weighted by Gasteiger charge is 2.30. The van der Waals surface area contributed by atoms with Crippen LogP contribution in [0.25, 0.3) is 0 Å². The Morgan fingerprint density at radius 2 is 1.88 bits per heavy atom. The van der Waals surface area contributed by atoms with Gasteiger partial charge in [-0.1, -0.05) is 26.0 Å². The number of carbonyl (C=O) groups is 2. The van der Waals surface area contributed by atoms with Gasteiger partial charge in [0.2, 0.25) is 12.0 Å². The molecule has 0 aromatic heterocycles. The van der Waals surface area contributed by atoms with Crippen LogP contribution in [0, 0.1) is 5.92 Å². The highest BCUT2D eigenvalue weighted by Crippen LogP contribution is 2.31. The highest BCUT2D eigenvalue weighted by atomic mass is 16.6. The van der Waals surface area contributed by atoms with Crippen molar-refractivity contribution in [3.05, 3.63) is 24.3 Å². The van der Waals surface area contributed by atoms with Crippen LogP contribution < -0.4 is 14.8 Å². The summed E-state index contributed by atoms with van der Waals surface area (Å²) in [7, 11) is 0. The molecular formula is C19H26N2O4. The third-order valence-corrected chi connectivity index (χ3v) is 4.58. The van der Waals surface area contributed by atoms with Gasteiger partial charge in [0.1, 0.15) is 6.61 Å². The molecule has 2 aliphatic heterocycles. The molecule has 1 N–H and O–H groups in total. The summed E-state index contributed by atoms with van der Waals surface area (Å²) in [6.07, 6.45) is 1.51. The lowest BCUT2D eigenvalue weighted by Gasteiger charge is -2.34. The normalized spacial score (nSPS) is 20.4. The molecule has 3 rings (SSSR count). The van der Waals surface area contributed by atoms with Crippen LogP contribution in [0.3, 0.4) is 0 Å². The average Bonchev–Trinajstić information content (AvgIpc) is 2.61. The van der Waals surface area contributed by atoms with Gasteiger partial charge in [0.05, 0.1) is 0 Å². The van der Waals surface area contributed by atoms with Crippen LogP contribution in [-0.2, 0) is 9.59 Å². The Morgan fingerprint density at radius 1 is 1.20 bits per heavy atom. The van der Waals surface area contributed by atoms with Crippen molar-refractivity contribution < 1.29 is 19.1 Å². The van der Waals surface area contributed by atoms with E-state index in [4.69, 9.17) is 9.47 Å². The van der Waals surface area contributed by atoms with Gasteiger partial charge in [-0.15, -0.1) is 0 Å². The van der Waals surface area contributed by atoms with Gasteiger partial charge in [0.15, 0.2) is 11.5 Å². The number of benzene rings is 1. The van der Waals surface area contributed by atoms with Crippen LogP contribution >= 0.6 is 0 Å². The second-order valence-electron chi connectivity index (χ2n) is 7.13. The summed E-state index contributed by atoms with van der Waals surface area (Å²) in [5.74, 6) is 1.70. The van der Waals surface area contributed by atoms with Gasteiger partial charge in [-0.2, -0.15) is 0 Å². The van der Waals surface area contributed by atoms with Crippen LogP contribution in [0.4, 0.5) is 0 Å². The summed E-state index contributed by atoms with van der Waals surface area (Å²) in [6, 6.07) is 7.43. The number of carbonyl (C=O) groups excluding carboxylic acids is 2. The van der Waals surface area contributed by atoms with Gasteiger partial charge < -0.3 is 19.7 Å². The number of para-hydroxylation sites is 2. The van der Waals surface area contributed by atoms with E-state index in [-0.39, 0.29) is 24.5 Å². The maximum Gasteiger partial charge on any atom is 0.264 e. The molecule has 2 aliphatic rings. The summed E-state index contributed by atoms with van der Waals surface area (Å²) < 4.78 is 11.3. The second kappa shape index (κ2) is 7.76. The quantitative estimate of drug-likeness (QED) is 0.905. The monoisotopic (exact) mass is 346 g/mol. The molecule has 2 heterocycles. The van der Waals surface area contributed by atoms with E-state index in [2.05, 4.69) is 19.2 Å². The number of fused-ring (bicyclic) bond motifs is 1.